The van der Waals surface area contributed by atoms with Gasteiger partial charge in [0.2, 0.25) is 0 Å². The molecular weight excluding hydrogens is 531 g/mol. The molecule has 0 bridgehead atoms. The van der Waals surface area contributed by atoms with Gasteiger partial charge in [0.15, 0.2) is 0 Å². The molecule has 1 saturated heterocycles. The van der Waals surface area contributed by atoms with Gasteiger partial charge < -0.3 is 15.1 Å². The van der Waals surface area contributed by atoms with Gasteiger partial charge >= 0.3 is 6.03 Å². The van der Waals surface area contributed by atoms with Gasteiger partial charge in [-0.05, 0) is 55.5 Å². The second-order valence-electron chi connectivity index (χ2n) is 6.87. The third kappa shape index (κ3) is 4.75. The Bertz CT molecular complexity index is 843. The summed E-state index contributed by atoms with van der Waals surface area (Å²) in [6.45, 7) is 6.69. The zero-order valence-corrected chi connectivity index (χ0v) is 20.2. The number of nitrogens with zero attached hydrogens (tertiary/aromatic N) is 3. The molecule has 150 valence electrons. The van der Waals surface area contributed by atoms with Crippen LogP contribution in [0, 0.1) is 0 Å². The molecule has 1 aromatic heterocycles. The van der Waals surface area contributed by atoms with Gasteiger partial charge in [0.1, 0.15) is 0 Å². The first-order chi connectivity index (χ1) is 13.3. The molecule has 0 unspecified atom stereocenters. The van der Waals surface area contributed by atoms with E-state index in [0.29, 0.717) is 42.1 Å². The highest BCUT2D eigenvalue weighted by Gasteiger charge is 2.25. The number of anilines is 2. The third-order valence-electron chi connectivity index (χ3n) is 4.67. The van der Waals surface area contributed by atoms with Crippen molar-refractivity contribution >= 4 is 72.5 Å². The van der Waals surface area contributed by atoms with Gasteiger partial charge in [-0.25, -0.2) is 4.79 Å². The molecule has 3 rings (SSSR count). The normalized spacial score (nSPS) is 14.5. The van der Waals surface area contributed by atoms with Gasteiger partial charge in [-0.1, -0.05) is 37.0 Å². The van der Waals surface area contributed by atoms with Crippen molar-refractivity contribution in [2.45, 2.75) is 19.8 Å². The van der Waals surface area contributed by atoms with Crippen LogP contribution in [0.25, 0.3) is 0 Å². The average molecular weight is 551 g/mol. The van der Waals surface area contributed by atoms with E-state index >= 15 is 0 Å². The number of nitrogens with one attached hydrogen (secondary N) is 1. The molecule has 2 heterocycles. The number of carbonyl (C=O) groups is 1. The Morgan fingerprint density at radius 2 is 1.61 bits per heavy atom. The van der Waals surface area contributed by atoms with E-state index in [0.717, 1.165) is 20.3 Å². The second kappa shape index (κ2) is 9.20. The molecule has 1 aromatic carbocycles. The van der Waals surface area contributed by atoms with Crippen molar-refractivity contribution in [1.82, 2.24) is 9.88 Å². The van der Waals surface area contributed by atoms with Crippen LogP contribution in [0.1, 0.15) is 25.3 Å². The molecule has 2 amide bonds. The van der Waals surface area contributed by atoms with E-state index in [1.54, 1.807) is 17.3 Å². The molecule has 1 aliphatic rings. The molecule has 1 fully saturated rings. The number of hydrogen-bond acceptors (Lipinski definition) is 3. The Hall–Kier alpha value is -1.02. The van der Waals surface area contributed by atoms with E-state index in [1.807, 2.05) is 12.1 Å². The maximum atomic E-state index is 12.8. The lowest BCUT2D eigenvalue weighted by Crippen LogP contribution is -2.50. The minimum Gasteiger partial charge on any atom is -0.365 e. The molecule has 0 spiro atoms. The number of carbonyl (C=O) groups excluding carboxylic acids is 1. The zero-order chi connectivity index (χ0) is 20.4. The van der Waals surface area contributed by atoms with Crippen molar-refractivity contribution in [3.8, 4) is 0 Å². The maximum Gasteiger partial charge on any atom is 0.322 e. The number of piperazine rings is 1. The highest BCUT2D eigenvalue weighted by molar-refractivity contribution is 9.11. The van der Waals surface area contributed by atoms with Gasteiger partial charge in [-0.2, -0.15) is 0 Å². The summed E-state index contributed by atoms with van der Waals surface area (Å²) in [5, 5.41) is 4.04. The van der Waals surface area contributed by atoms with Crippen LogP contribution in [-0.2, 0) is 0 Å². The van der Waals surface area contributed by atoms with Crippen LogP contribution in [-0.4, -0.2) is 42.1 Å². The Morgan fingerprint density at radius 1 is 1.07 bits per heavy atom. The van der Waals surface area contributed by atoms with E-state index in [9.17, 15) is 4.79 Å². The number of aromatic nitrogens is 1. The Balaban J connectivity index is 1.66. The highest BCUT2D eigenvalue weighted by atomic mass is 79.9. The molecule has 9 heteroatoms. The van der Waals surface area contributed by atoms with Crippen molar-refractivity contribution < 1.29 is 4.79 Å². The van der Waals surface area contributed by atoms with E-state index in [-0.39, 0.29) is 6.03 Å². The Kier molecular flexibility index (Phi) is 7.12. The summed E-state index contributed by atoms with van der Waals surface area (Å²) in [7, 11) is 0. The predicted molar refractivity (Wildman–Crippen MR) is 123 cm³/mol. The highest BCUT2D eigenvalue weighted by Crippen LogP contribution is 2.35. The molecule has 0 atom stereocenters. The SMILES string of the molecule is CC(C)c1cc(Br)c(NC(=O)N2CCN(c3c(Cl)cncc3Cl)CC2)c(Br)c1. The molecule has 0 radical (unpaired) electrons. The topological polar surface area (TPSA) is 48.5 Å². The minimum atomic E-state index is -0.134. The van der Waals surface area contributed by atoms with Crippen molar-refractivity contribution in [3.63, 3.8) is 0 Å². The van der Waals surface area contributed by atoms with Crippen molar-refractivity contribution in [3.05, 3.63) is 49.1 Å². The zero-order valence-electron chi connectivity index (χ0n) is 15.5. The molecule has 2 aromatic rings. The quantitative estimate of drug-likeness (QED) is 0.481. The largest absolute Gasteiger partial charge is 0.365 e. The third-order valence-corrected chi connectivity index (χ3v) is 6.48. The maximum absolute atomic E-state index is 12.8. The first-order valence-electron chi connectivity index (χ1n) is 8.86. The van der Waals surface area contributed by atoms with E-state index in [4.69, 9.17) is 23.2 Å². The Morgan fingerprint density at radius 3 is 2.11 bits per heavy atom. The molecule has 1 N–H and O–H groups in total. The summed E-state index contributed by atoms with van der Waals surface area (Å²) in [5.74, 6) is 0.400. The van der Waals surface area contributed by atoms with Gasteiger partial charge in [0.05, 0.1) is 21.4 Å². The van der Waals surface area contributed by atoms with Gasteiger partial charge in [-0.15, -0.1) is 0 Å². The lowest BCUT2D eigenvalue weighted by molar-refractivity contribution is 0.208. The molecule has 1 aliphatic heterocycles. The number of benzene rings is 1. The van der Waals surface area contributed by atoms with Crippen LogP contribution in [0.5, 0.6) is 0 Å². The van der Waals surface area contributed by atoms with Crippen molar-refractivity contribution in [2.24, 2.45) is 0 Å². The fourth-order valence-electron chi connectivity index (χ4n) is 3.07. The smallest absolute Gasteiger partial charge is 0.322 e. The van der Waals surface area contributed by atoms with Crippen molar-refractivity contribution in [2.75, 3.05) is 36.4 Å². The number of amides is 2. The van der Waals surface area contributed by atoms with Crippen LogP contribution >= 0.6 is 55.1 Å². The lowest BCUT2D eigenvalue weighted by atomic mass is 10.0. The van der Waals surface area contributed by atoms with Crippen LogP contribution < -0.4 is 10.2 Å². The van der Waals surface area contributed by atoms with Crippen LogP contribution in [0.2, 0.25) is 10.0 Å². The van der Waals surface area contributed by atoms with E-state index in [1.165, 1.54) is 5.56 Å². The molecule has 0 saturated carbocycles. The summed E-state index contributed by atoms with van der Waals surface area (Å²) in [5.41, 5.74) is 2.70. The molecule has 5 nitrogen and oxygen atoms in total. The average Bonchev–Trinajstić information content (AvgIpc) is 2.64. The molecule has 28 heavy (non-hydrogen) atoms. The van der Waals surface area contributed by atoms with Gasteiger partial charge in [-0.3, -0.25) is 4.98 Å². The standard InChI is InChI=1S/C19H20Br2Cl2N4O/c1-11(2)12-7-13(20)17(14(21)8-12)25-19(28)27-5-3-26(4-6-27)18-15(22)9-24-10-16(18)23/h7-11H,3-6H2,1-2H3,(H,25,28). The fourth-order valence-corrected chi connectivity index (χ4v) is 5.10. The van der Waals surface area contributed by atoms with Crippen LogP contribution in [0.3, 0.4) is 0 Å². The summed E-state index contributed by atoms with van der Waals surface area (Å²) >= 11 is 19.6. The first-order valence-corrected chi connectivity index (χ1v) is 11.2. The van der Waals surface area contributed by atoms with Gasteiger partial charge in [0, 0.05) is 47.5 Å². The fraction of sp³-hybridized carbons (Fsp3) is 0.368. The second-order valence-corrected chi connectivity index (χ2v) is 9.39. The monoisotopic (exact) mass is 548 g/mol. The summed E-state index contributed by atoms with van der Waals surface area (Å²) in [6, 6.07) is 3.94. The lowest BCUT2D eigenvalue weighted by Gasteiger charge is -2.36. The number of halogens is 4. The summed E-state index contributed by atoms with van der Waals surface area (Å²) < 4.78 is 1.71. The van der Waals surface area contributed by atoms with Crippen LogP contribution in [0.4, 0.5) is 16.2 Å². The number of pyridine rings is 1. The summed E-state index contributed by atoms with van der Waals surface area (Å²) in [6.07, 6.45) is 3.16. The first kappa shape index (κ1) is 21.7. The van der Waals surface area contributed by atoms with Crippen molar-refractivity contribution in [1.29, 1.82) is 0 Å². The Labute approximate surface area is 191 Å². The number of urea groups is 1. The number of rotatable bonds is 3. The molecular formula is C19H20Br2Cl2N4O. The molecule has 0 aliphatic carbocycles. The van der Waals surface area contributed by atoms with E-state index < -0.39 is 0 Å². The van der Waals surface area contributed by atoms with E-state index in [2.05, 4.69) is 60.9 Å². The number of hydrogen-bond donors (Lipinski definition) is 1. The van der Waals surface area contributed by atoms with Crippen LogP contribution in [0.15, 0.2) is 33.5 Å². The summed E-state index contributed by atoms with van der Waals surface area (Å²) in [4.78, 5) is 20.6. The predicted octanol–water partition coefficient (Wildman–Crippen LogP) is 6.39. The van der Waals surface area contributed by atoms with Gasteiger partial charge in [0.25, 0.3) is 0 Å². The minimum absolute atomic E-state index is 0.134.